The molecule has 0 fully saturated rings. The summed E-state index contributed by atoms with van der Waals surface area (Å²) in [6.07, 6.45) is 4.10. The molecule has 1 aromatic rings. The molecule has 1 N–H and O–H groups in total. The van der Waals surface area contributed by atoms with Crippen LogP contribution in [0.15, 0.2) is 24.5 Å². The molecule has 0 aromatic carbocycles. The van der Waals surface area contributed by atoms with Crippen molar-refractivity contribution >= 4 is 17.5 Å². The highest BCUT2D eigenvalue weighted by Gasteiger charge is 2.10. The topological polar surface area (TPSA) is 42.0 Å². The van der Waals surface area contributed by atoms with Crippen LogP contribution in [0, 0.1) is 5.92 Å². The predicted octanol–water partition coefficient (Wildman–Crippen LogP) is 2.46. The van der Waals surface area contributed by atoms with Crippen molar-refractivity contribution in [2.75, 3.05) is 6.54 Å². The first kappa shape index (κ1) is 13.0. The minimum atomic E-state index is -0.100. The van der Waals surface area contributed by atoms with E-state index in [1.165, 1.54) is 0 Å². The third kappa shape index (κ3) is 4.62. The Bertz CT molecular complexity index is 327. The van der Waals surface area contributed by atoms with Crippen LogP contribution in [0.5, 0.6) is 0 Å². The smallest absolute Gasteiger partial charge is 0.251 e. The van der Waals surface area contributed by atoms with E-state index >= 15 is 0 Å². The standard InChI is InChI=1S/C12H17ClN2O/c1-9(2)7-11(13)8-15-12(16)10-3-5-14-6-4-10/h3-6,9,11H,7-8H2,1-2H3,(H,15,16). The number of nitrogens with one attached hydrogen (secondary N) is 1. The van der Waals surface area contributed by atoms with Crippen LogP contribution in [0.1, 0.15) is 30.6 Å². The van der Waals surface area contributed by atoms with Gasteiger partial charge < -0.3 is 5.32 Å². The van der Waals surface area contributed by atoms with Gasteiger partial charge in [-0.2, -0.15) is 0 Å². The number of hydrogen-bond acceptors (Lipinski definition) is 2. The first-order valence-corrected chi connectivity index (χ1v) is 5.85. The number of hydrogen-bond donors (Lipinski definition) is 1. The summed E-state index contributed by atoms with van der Waals surface area (Å²) in [6, 6.07) is 3.36. The molecule has 1 unspecified atom stereocenters. The Balaban J connectivity index is 2.36. The van der Waals surface area contributed by atoms with Crippen molar-refractivity contribution in [1.82, 2.24) is 10.3 Å². The van der Waals surface area contributed by atoms with Crippen LogP contribution in [0.2, 0.25) is 0 Å². The van der Waals surface area contributed by atoms with Crippen LogP contribution in [0.25, 0.3) is 0 Å². The highest BCUT2D eigenvalue weighted by atomic mass is 35.5. The number of halogens is 1. The number of rotatable bonds is 5. The van der Waals surface area contributed by atoms with Gasteiger partial charge in [0.05, 0.1) is 5.38 Å². The maximum absolute atomic E-state index is 11.6. The highest BCUT2D eigenvalue weighted by molar-refractivity contribution is 6.20. The quantitative estimate of drug-likeness (QED) is 0.804. The number of carbonyl (C=O) groups excluding carboxylic acids is 1. The van der Waals surface area contributed by atoms with Crippen molar-refractivity contribution in [1.29, 1.82) is 0 Å². The maximum Gasteiger partial charge on any atom is 0.251 e. The summed E-state index contributed by atoms with van der Waals surface area (Å²) in [6.45, 7) is 4.72. The summed E-state index contributed by atoms with van der Waals surface area (Å²) in [7, 11) is 0. The van der Waals surface area contributed by atoms with Crippen molar-refractivity contribution in [3.8, 4) is 0 Å². The summed E-state index contributed by atoms with van der Waals surface area (Å²) >= 11 is 6.08. The minimum Gasteiger partial charge on any atom is -0.351 e. The zero-order chi connectivity index (χ0) is 12.0. The van der Waals surface area contributed by atoms with Crippen molar-refractivity contribution in [2.45, 2.75) is 25.6 Å². The lowest BCUT2D eigenvalue weighted by Crippen LogP contribution is -2.30. The molecular weight excluding hydrogens is 224 g/mol. The van der Waals surface area contributed by atoms with Gasteiger partial charge in [-0.3, -0.25) is 9.78 Å². The summed E-state index contributed by atoms with van der Waals surface area (Å²) in [5.74, 6) is 0.442. The number of nitrogens with zero attached hydrogens (tertiary/aromatic N) is 1. The second kappa shape index (κ2) is 6.48. The first-order valence-electron chi connectivity index (χ1n) is 5.42. The fourth-order valence-electron chi connectivity index (χ4n) is 1.40. The number of amides is 1. The molecule has 0 radical (unpaired) electrons. The van der Waals surface area contributed by atoms with Crippen LogP contribution in [-0.2, 0) is 0 Å². The van der Waals surface area contributed by atoms with Crippen molar-refractivity contribution in [3.05, 3.63) is 30.1 Å². The third-order valence-corrected chi connectivity index (χ3v) is 2.49. The molecule has 3 nitrogen and oxygen atoms in total. The fourth-order valence-corrected chi connectivity index (χ4v) is 1.84. The molecule has 0 aliphatic heterocycles. The lowest BCUT2D eigenvalue weighted by Gasteiger charge is -2.12. The molecular formula is C12H17ClN2O. The molecule has 0 aliphatic carbocycles. The molecule has 4 heteroatoms. The number of alkyl halides is 1. The molecule has 1 heterocycles. The summed E-state index contributed by atoms with van der Waals surface area (Å²) in [4.78, 5) is 15.5. The van der Waals surface area contributed by atoms with Gasteiger partial charge in [0.25, 0.3) is 5.91 Å². The molecule has 88 valence electrons. The Kier molecular flexibility index (Phi) is 5.26. The van der Waals surface area contributed by atoms with Crippen LogP contribution in [-0.4, -0.2) is 22.8 Å². The van der Waals surface area contributed by atoms with Gasteiger partial charge in [0.2, 0.25) is 0 Å². The van der Waals surface area contributed by atoms with E-state index in [0.717, 1.165) is 6.42 Å². The SMILES string of the molecule is CC(C)CC(Cl)CNC(=O)c1ccncc1. The van der Waals surface area contributed by atoms with E-state index in [-0.39, 0.29) is 11.3 Å². The predicted molar refractivity (Wildman–Crippen MR) is 65.7 cm³/mol. The molecule has 1 atom stereocenters. The van der Waals surface area contributed by atoms with Crippen LogP contribution in [0.3, 0.4) is 0 Å². The van der Waals surface area contributed by atoms with Gasteiger partial charge >= 0.3 is 0 Å². The summed E-state index contributed by atoms with van der Waals surface area (Å²) in [5, 5.41) is 2.80. The van der Waals surface area contributed by atoms with Crippen LogP contribution in [0.4, 0.5) is 0 Å². The zero-order valence-corrected chi connectivity index (χ0v) is 10.4. The van der Waals surface area contributed by atoms with Crippen LogP contribution >= 0.6 is 11.6 Å². The van der Waals surface area contributed by atoms with E-state index in [1.807, 2.05) is 0 Å². The average Bonchev–Trinajstić information content (AvgIpc) is 2.26. The highest BCUT2D eigenvalue weighted by Crippen LogP contribution is 2.09. The fraction of sp³-hybridized carbons (Fsp3) is 0.500. The second-order valence-corrected chi connectivity index (χ2v) is 4.79. The second-order valence-electron chi connectivity index (χ2n) is 4.17. The molecule has 1 rings (SSSR count). The largest absolute Gasteiger partial charge is 0.351 e. The minimum absolute atomic E-state index is 0.00853. The van der Waals surface area contributed by atoms with Gasteiger partial charge in [-0.05, 0) is 24.5 Å². The van der Waals surface area contributed by atoms with Crippen molar-refractivity contribution in [3.63, 3.8) is 0 Å². The number of aromatic nitrogens is 1. The maximum atomic E-state index is 11.6. The normalized spacial score (nSPS) is 12.5. The Labute approximate surface area is 101 Å². The van der Waals surface area contributed by atoms with E-state index in [2.05, 4.69) is 24.1 Å². The molecule has 0 aliphatic rings. The first-order chi connectivity index (χ1) is 7.59. The van der Waals surface area contributed by atoms with Gasteiger partial charge in [0, 0.05) is 24.5 Å². The third-order valence-electron chi connectivity index (χ3n) is 2.15. The molecule has 0 spiro atoms. The molecule has 0 saturated heterocycles. The Morgan fingerprint density at radius 1 is 1.44 bits per heavy atom. The lowest BCUT2D eigenvalue weighted by atomic mass is 10.1. The Hall–Kier alpha value is -1.09. The Morgan fingerprint density at radius 3 is 2.62 bits per heavy atom. The van der Waals surface area contributed by atoms with Crippen LogP contribution < -0.4 is 5.32 Å². The van der Waals surface area contributed by atoms with Gasteiger partial charge in [-0.25, -0.2) is 0 Å². The summed E-state index contributed by atoms with van der Waals surface area (Å²) < 4.78 is 0. The molecule has 0 bridgehead atoms. The molecule has 16 heavy (non-hydrogen) atoms. The van der Waals surface area contributed by atoms with Crippen molar-refractivity contribution in [2.24, 2.45) is 5.92 Å². The monoisotopic (exact) mass is 240 g/mol. The average molecular weight is 241 g/mol. The molecule has 1 amide bonds. The van der Waals surface area contributed by atoms with Gasteiger partial charge in [0.1, 0.15) is 0 Å². The Morgan fingerprint density at radius 2 is 2.06 bits per heavy atom. The van der Waals surface area contributed by atoms with E-state index < -0.39 is 0 Å². The number of pyridine rings is 1. The van der Waals surface area contributed by atoms with E-state index in [1.54, 1.807) is 24.5 Å². The lowest BCUT2D eigenvalue weighted by molar-refractivity contribution is 0.0953. The summed E-state index contributed by atoms with van der Waals surface area (Å²) in [5.41, 5.74) is 0.614. The van der Waals surface area contributed by atoms with E-state index in [4.69, 9.17) is 11.6 Å². The zero-order valence-electron chi connectivity index (χ0n) is 9.61. The van der Waals surface area contributed by atoms with Gasteiger partial charge in [-0.1, -0.05) is 13.8 Å². The molecule has 1 aromatic heterocycles. The van der Waals surface area contributed by atoms with Gasteiger partial charge in [0.15, 0.2) is 0 Å². The van der Waals surface area contributed by atoms with E-state index in [9.17, 15) is 4.79 Å². The number of carbonyl (C=O) groups is 1. The van der Waals surface area contributed by atoms with E-state index in [0.29, 0.717) is 18.0 Å². The van der Waals surface area contributed by atoms with Gasteiger partial charge in [-0.15, -0.1) is 11.6 Å². The molecule has 0 saturated carbocycles. The van der Waals surface area contributed by atoms with Crippen molar-refractivity contribution < 1.29 is 4.79 Å².